The van der Waals surface area contributed by atoms with Crippen LogP contribution in [0.1, 0.15) is 22.8 Å². The van der Waals surface area contributed by atoms with Crippen LogP contribution in [0.2, 0.25) is 5.02 Å². The molecular formula is C15H15ClO2. The fraction of sp³-hybridized carbons (Fsp3) is 0.200. The van der Waals surface area contributed by atoms with Gasteiger partial charge in [0, 0.05) is 10.6 Å². The summed E-state index contributed by atoms with van der Waals surface area (Å²) in [6.45, 7) is 1.90. The van der Waals surface area contributed by atoms with Crippen LogP contribution in [-0.2, 0) is 0 Å². The Balaban J connectivity index is 2.48. The van der Waals surface area contributed by atoms with Crippen LogP contribution in [0.4, 0.5) is 0 Å². The van der Waals surface area contributed by atoms with Crippen LogP contribution >= 0.6 is 11.6 Å². The van der Waals surface area contributed by atoms with Gasteiger partial charge in [0.1, 0.15) is 11.9 Å². The van der Waals surface area contributed by atoms with Crippen LogP contribution in [0.5, 0.6) is 5.75 Å². The van der Waals surface area contributed by atoms with E-state index in [9.17, 15) is 5.11 Å². The normalized spacial score (nSPS) is 12.2. The number of methoxy groups -OCH3 is 1. The van der Waals surface area contributed by atoms with Crippen LogP contribution in [0, 0.1) is 6.92 Å². The van der Waals surface area contributed by atoms with Crippen molar-refractivity contribution in [1.82, 2.24) is 0 Å². The van der Waals surface area contributed by atoms with Gasteiger partial charge in [-0.3, -0.25) is 0 Å². The van der Waals surface area contributed by atoms with E-state index in [4.69, 9.17) is 16.3 Å². The highest BCUT2D eigenvalue weighted by atomic mass is 35.5. The van der Waals surface area contributed by atoms with Crippen molar-refractivity contribution >= 4 is 11.6 Å². The SMILES string of the molecule is COc1ccccc1C(O)c1cccc(Cl)c1C. The molecule has 0 aromatic heterocycles. The molecule has 0 aliphatic carbocycles. The maximum atomic E-state index is 10.5. The van der Waals surface area contributed by atoms with Crippen molar-refractivity contribution in [3.8, 4) is 5.75 Å². The largest absolute Gasteiger partial charge is 0.496 e. The second kappa shape index (κ2) is 5.42. The molecule has 0 saturated heterocycles. The lowest BCUT2D eigenvalue weighted by atomic mass is 9.97. The topological polar surface area (TPSA) is 29.5 Å². The molecule has 3 heteroatoms. The highest BCUT2D eigenvalue weighted by Gasteiger charge is 2.17. The van der Waals surface area contributed by atoms with Crippen LogP contribution in [0.15, 0.2) is 42.5 Å². The van der Waals surface area contributed by atoms with Gasteiger partial charge in [0.05, 0.1) is 7.11 Å². The Labute approximate surface area is 112 Å². The Kier molecular flexibility index (Phi) is 3.90. The van der Waals surface area contributed by atoms with Gasteiger partial charge in [-0.15, -0.1) is 0 Å². The van der Waals surface area contributed by atoms with Crippen LogP contribution in [0.25, 0.3) is 0 Å². The van der Waals surface area contributed by atoms with Gasteiger partial charge in [0.25, 0.3) is 0 Å². The van der Waals surface area contributed by atoms with Gasteiger partial charge in [-0.2, -0.15) is 0 Å². The van der Waals surface area contributed by atoms with Crippen LogP contribution in [-0.4, -0.2) is 12.2 Å². The molecule has 1 N–H and O–H groups in total. The molecule has 0 aliphatic rings. The van der Waals surface area contributed by atoms with E-state index in [2.05, 4.69) is 0 Å². The first-order valence-corrected chi connectivity index (χ1v) is 6.09. The molecule has 0 heterocycles. The van der Waals surface area contributed by atoms with Crippen LogP contribution < -0.4 is 4.74 Å². The summed E-state index contributed by atoms with van der Waals surface area (Å²) in [6, 6.07) is 13.0. The number of ether oxygens (including phenoxy) is 1. The summed E-state index contributed by atoms with van der Waals surface area (Å²) >= 11 is 6.08. The Morgan fingerprint density at radius 1 is 1.06 bits per heavy atom. The minimum Gasteiger partial charge on any atom is -0.496 e. The van der Waals surface area contributed by atoms with Crippen molar-refractivity contribution in [1.29, 1.82) is 0 Å². The van der Waals surface area contributed by atoms with Crippen molar-refractivity contribution in [2.24, 2.45) is 0 Å². The van der Waals surface area contributed by atoms with Gasteiger partial charge in [-0.1, -0.05) is 41.9 Å². The summed E-state index contributed by atoms with van der Waals surface area (Å²) in [7, 11) is 1.59. The molecular weight excluding hydrogens is 248 g/mol. The molecule has 0 saturated carbocycles. The lowest BCUT2D eigenvalue weighted by Crippen LogP contribution is -2.04. The molecule has 2 aromatic rings. The van der Waals surface area contributed by atoms with Gasteiger partial charge >= 0.3 is 0 Å². The maximum Gasteiger partial charge on any atom is 0.125 e. The monoisotopic (exact) mass is 262 g/mol. The highest BCUT2D eigenvalue weighted by Crippen LogP contribution is 2.33. The summed E-state index contributed by atoms with van der Waals surface area (Å²) in [5.41, 5.74) is 2.43. The number of hydrogen-bond donors (Lipinski definition) is 1. The standard InChI is InChI=1S/C15H15ClO2/c1-10-11(7-5-8-13(10)16)15(17)12-6-3-4-9-14(12)18-2/h3-9,15,17H,1-2H3. The smallest absolute Gasteiger partial charge is 0.125 e. The Morgan fingerprint density at radius 2 is 1.72 bits per heavy atom. The van der Waals surface area contributed by atoms with Gasteiger partial charge in [-0.05, 0) is 30.2 Å². The second-order valence-electron chi connectivity index (χ2n) is 4.10. The van der Waals surface area contributed by atoms with Crippen molar-refractivity contribution in [2.45, 2.75) is 13.0 Å². The average molecular weight is 263 g/mol. The van der Waals surface area contributed by atoms with E-state index in [1.165, 1.54) is 0 Å². The van der Waals surface area contributed by atoms with Gasteiger partial charge in [-0.25, -0.2) is 0 Å². The second-order valence-corrected chi connectivity index (χ2v) is 4.51. The Bertz CT molecular complexity index is 552. The summed E-state index contributed by atoms with van der Waals surface area (Å²) in [4.78, 5) is 0. The predicted octanol–water partition coefficient (Wildman–Crippen LogP) is 3.74. The number of benzene rings is 2. The summed E-state index contributed by atoms with van der Waals surface area (Å²) in [5, 5.41) is 11.1. The minimum absolute atomic E-state index is 0.654. The molecule has 1 unspecified atom stereocenters. The molecule has 0 aliphatic heterocycles. The first kappa shape index (κ1) is 12.9. The average Bonchev–Trinajstić information content (AvgIpc) is 2.41. The van der Waals surface area contributed by atoms with Crippen molar-refractivity contribution in [3.63, 3.8) is 0 Å². The van der Waals surface area contributed by atoms with E-state index in [0.29, 0.717) is 10.8 Å². The van der Waals surface area contributed by atoms with Gasteiger partial charge < -0.3 is 9.84 Å². The molecule has 2 nitrogen and oxygen atoms in total. The maximum absolute atomic E-state index is 10.5. The Hall–Kier alpha value is -1.51. The zero-order chi connectivity index (χ0) is 13.1. The van der Waals surface area contributed by atoms with E-state index in [0.717, 1.165) is 16.7 Å². The molecule has 18 heavy (non-hydrogen) atoms. The van der Waals surface area contributed by atoms with Crippen molar-refractivity contribution in [2.75, 3.05) is 7.11 Å². The minimum atomic E-state index is -0.736. The van der Waals surface area contributed by atoms with Crippen molar-refractivity contribution < 1.29 is 9.84 Å². The molecule has 0 radical (unpaired) electrons. The zero-order valence-corrected chi connectivity index (χ0v) is 11.1. The third-order valence-corrected chi connectivity index (χ3v) is 3.45. The number of aliphatic hydroxyl groups excluding tert-OH is 1. The molecule has 0 fully saturated rings. The summed E-state index contributed by atoms with van der Waals surface area (Å²) in [5.74, 6) is 0.671. The third kappa shape index (κ3) is 2.35. The number of halogens is 1. The number of aliphatic hydroxyl groups is 1. The first-order chi connectivity index (χ1) is 8.65. The summed E-state index contributed by atoms with van der Waals surface area (Å²) in [6.07, 6.45) is -0.736. The number of hydrogen-bond acceptors (Lipinski definition) is 2. The molecule has 0 amide bonds. The van der Waals surface area contributed by atoms with Gasteiger partial charge in [0.2, 0.25) is 0 Å². The number of rotatable bonds is 3. The van der Waals surface area contributed by atoms with E-state index in [1.807, 2.05) is 49.4 Å². The molecule has 94 valence electrons. The molecule has 2 aromatic carbocycles. The van der Waals surface area contributed by atoms with E-state index in [1.54, 1.807) is 7.11 Å². The fourth-order valence-corrected chi connectivity index (χ4v) is 2.16. The van der Waals surface area contributed by atoms with E-state index in [-0.39, 0.29) is 0 Å². The molecule has 2 rings (SSSR count). The highest BCUT2D eigenvalue weighted by molar-refractivity contribution is 6.31. The fourth-order valence-electron chi connectivity index (χ4n) is 1.98. The van der Waals surface area contributed by atoms with E-state index >= 15 is 0 Å². The van der Waals surface area contributed by atoms with Gasteiger partial charge in [0.15, 0.2) is 0 Å². The third-order valence-electron chi connectivity index (χ3n) is 3.04. The quantitative estimate of drug-likeness (QED) is 0.913. The van der Waals surface area contributed by atoms with Crippen molar-refractivity contribution in [3.05, 3.63) is 64.2 Å². The van der Waals surface area contributed by atoms with Crippen LogP contribution in [0.3, 0.4) is 0 Å². The van der Waals surface area contributed by atoms with E-state index < -0.39 is 6.10 Å². The molecule has 0 spiro atoms. The number of para-hydroxylation sites is 1. The predicted molar refractivity (Wildman–Crippen MR) is 73.2 cm³/mol. The summed E-state index contributed by atoms with van der Waals surface area (Å²) < 4.78 is 5.27. The lowest BCUT2D eigenvalue weighted by molar-refractivity contribution is 0.214. The zero-order valence-electron chi connectivity index (χ0n) is 10.4. The Morgan fingerprint density at radius 3 is 2.44 bits per heavy atom. The molecule has 1 atom stereocenters. The first-order valence-electron chi connectivity index (χ1n) is 5.71. The lowest BCUT2D eigenvalue weighted by Gasteiger charge is -2.17. The molecule has 0 bridgehead atoms.